The summed E-state index contributed by atoms with van der Waals surface area (Å²) in [6.07, 6.45) is 5.27. The zero-order valence-corrected chi connectivity index (χ0v) is 10.7. The van der Waals surface area contributed by atoms with E-state index in [2.05, 4.69) is 22.0 Å². The zero-order valence-electron chi connectivity index (χ0n) is 9.16. The third-order valence-corrected chi connectivity index (χ3v) is 4.31. The number of ether oxygens (including phenoxy) is 1. The fraction of sp³-hybridized carbons (Fsp3) is 0.538. The van der Waals surface area contributed by atoms with Gasteiger partial charge in [0, 0.05) is 22.5 Å². The van der Waals surface area contributed by atoms with Gasteiger partial charge < -0.3 is 10.5 Å². The maximum absolute atomic E-state index is 6.21. The number of benzene rings is 1. The molecule has 1 saturated carbocycles. The molecule has 1 aliphatic carbocycles. The van der Waals surface area contributed by atoms with E-state index in [-0.39, 0.29) is 6.04 Å². The smallest absolute Gasteiger partial charge is 0.125 e. The fourth-order valence-corrected chi connectivity index (χ4v) is 2.95. The molecule has 0 spiro atoms. The molecule has 0 amide bonds. The minimum absolute atomic E-state index is 0.141. The fourth-order valence-electron chi connectivity index (χ4n) is 2.61. The molecular weight excluding hydrogens is 266 g/mol. The lowest BCUT2D eigenvalue weighted by Gasteiger charge is -2.39. The lowest BCUT2D eigenvalue weighted by atomic mass is 9.77. The highest BCUT2D eigenvalue weighted by Gasteiger charge is 2.34. The molecule has 1 fully saturated rings. The second-order valence-corrected chi connectivity index (χ2v) is 5.79. The summed E-state index contributed by atoms with van der Waals surface area (Å²) in [5, 5.41) is 0. The molecule has 2 N–H and O–H groups in total. The number of hydrogen-bond acceptors (Lipinski definition) is 2. The van der Waals surface area contributed by atoms with Crippen molar-refractivity contribution >= 4 is 15.9 Å². The van der Waals surface area contributed by atoms with Crippen LogP contribution in [-0.2, 0) is 0 Å². The summed E-state index contributed by atoms with van der Waals surface area (Å²) in [7, 11) is 0. The first-order valence-corrected chi connectivity index (χ1v) is 6.75. The van der Waals surface area contributed by atoms with Gasteiger partial charge in [-0.2, -0.15) is 0 Å². The van der Waals surface area contributed by atoms with Crippen molar-refractivity contribution in [3.05, 3.63) is 28.2 Å². The van der Waals surface area contributed by atoms with Gasteiger partial charge in [0.05, 0.1) is 0 Å². The summed E-state index contributed by atoms with van der Waals surface area (Å²) in [5.41, 5.74) is 7.36. The van der Waals surface area contributed by atoms with Crippen LogP contribution < -0.4 is 10.5 Å². The van der Waals surface area contributed by atoms with Crippen LogP contribution in [0.4, 0.5) is 0 Å². The van der Waals surface area contributed by atoms with Crippen LogP contribution >= 0.6 is 15.9 Å². The van der Waals surface area contributed by atoms with Crippen molar-refractivity contribution in [3.8, 4) is 5.75 Å². The second-order valence-electron chi connectivity index (χ2n) is 4.87. The minimum Gasteiger partial charge on any atom is -0.490 e. The SMILES string of the molecule is N[C@@H]1CC(C2CCC2)Oc2cc(Br)ccc21. The van der Waals surface area contributed by atoms with Gasteiger partial charge in [-0.25, -0.2) is 0 Å². The predicted molar refractivity (Wildman–Crippen MR) is 67.4 cm³/mol. The Bertz CT molecular complexity index is 403. The maximum Gasteiger partial charge on any atom is 0.125 e. The van der Waals surface area contributed by atoms with E-state index in [1.807, 2.05) is 12.1 Å². The third-order valence-electron chi connectivity index (χ3n) is 3.82. The Morgan fingerprint density at radius 1 is 1.31 bits per heavy atom. The normalized spacial score (nSPS) is 29.1. The Kier molecular flexibility index (Phi) is 2.68. The van der Waals surface area contributed by atoms with E-state index >= 15 is 0 Å². The van der Waals surface area contributed by atoms with Gasteiger partial charge in [0.25, 0.3) is 0 Å². The molecule has 1 aromatic carbocycles. The molecule has 0 radical (unpaired) electrons. The highest BCUT2D eigenvalue weighted by Crippen LogP contribution is 2.41. The van der Waals surface area contributed by atoms with E-state index < -0.39 is 0 Å². The predicted octanol–water partition coefficient (Wildman–Crippen LogP) is 3.40. The summed E-state index contributed by atoms with van der Waals surface area (Å²) >= 11 is 3.48. The number of fused-ring (bicyclic) bond motifs is 1. The average Bonchev–Trinajstić information content (AvgIpc) is 2.13. The molecule has 2 atom stereocenters. The third kappa shape index (κ3) is 1.76. The molecule has 1 unspecified atom stereocenters. The number of nitrogens with two attached hydrogens (primary N) is 1. The van der Waals surface area contributed by atoms with E-state index in [1.165, 1.54) is 19.3 Å². The summed E-state index contributed by atoms with van der Waals surface area (Å²) in [6, 6.07) is 6.29. The molecular formula is C13H16BrNO. The lowest BCUT2D eigenvalue weighted by molar-refractivity contribution is 0.0579. The zero-order chi connectivity index (χ0) is 11.1. The summed E-state index contributed by atoms with van der Waals surface area (Å²) in [4.78, 5) is 0. The van der Waals surface area contributed by atoms with E-state index in [4.69, 9.17) is 10.5 Å². The van der Waals surface area contributed by atoms with Crippen LogP contribution in [0.15, 0.2) is 22.7 Å². The van der Waals surface area contributed by atoms with Crippen molar-refractivity contribution < 1.29 is 4.74 Å². The maximum atomic E-state index is 6.21. The van der Waals surface area contributed by atoms with Crippen LogP contribution in [0.5, 0.6) is 5.75 Å². The van der Waals surface area contributed by atoms with Crippen LogP contribution in [0.2, 0.25) is 0 Å². The van der Waals surface area contributed by atoms with Gasteiger partial charge in [-0.1, -0.05) is 28.4 Å². The van der Waals surface area contributed by atoms with Crippen LogP contribution in [0.25, 0.3) is 0 Å². The van der Waals surface area contributed by atoms with Crippen molar-refractivity contribution in [1.29, 1.82) is 0 Å². The number of rotatable bonds is 1. The molecule has 86 valence electrons. The molecule has 0 saturated heterocycles. The van der Waals surface area contributed by atoms with Gasteiger partial charge in [0.1, 0.15) is 11.9 Å². The van der Waals surface area contributed by atoms with Crippen molar-refractivity contribution in [2.75, 3.05) is 0 Å². The first-order chi connectivity index (χ1) is 7.74. The van der Waals surface area contributed by atoms with Gasteiger partial charge in [0.15, 0.2) is 0 Å². The Labute approximate surface area is 104 Å². The Morgan fingerprint density at radius 3 is 2.81 bits per heavy atom. The molecule has 1 heterocycles. The summed E-state index contributed by atoms with van der Waals surface area (Å²) in [6.45, 7) is 0. The topological polar surface area (TPSA) is 35.2 Å². The molecule has 0 aromatic heterocycles. The van der Waals surface area contributed by atoms with Gasteiger partial charge >= 0.3 is 0 Å². The van der Waals surface area contributed by atoms with Crippen molar-refractivity contribution in [3.63, 3.8) is 0 Å². The monoisotopic (exact) mass is 281 g/mol. The van der Waals surface area contributed by atoms with Crippen molar-refractivity contribution in [2.45, 2.75) is 37.8 Å². The molecule has 3 rings (SSSR count). The molecule has 0 bridgehead atoms. The van der Waals surface area contributed by atoms with Crippen molar-refractivity contribution in [2.24, 2.45) is 11.7 Å². The lowest BCUT2D eigenvalue weighted by Crippen LogP contribution is -2.38. The second kappa shape index (κ2) is 4.04. The largest absolute Gasteiger partial charge is 0.490 e. The molecule has 1 aliphatic heterocycles. The highest BCUT2D eigenvalue weighted by atomic mass is 79.9. The first kappa shape index (κ1) is 10.6. The highest BCUT2D eigenvalue weighted by molar-refractivity contribution is 9.10. The Hall–Kier alpha value is -0.540. The minimum atomic E-state index is 0.141. The van der Waals surface area contributed by atoms with Crippen LogP contribution in [0.1, 0.15) is 37.3 Å². The number of halogens is 1. The average molecular weight is 282 g/mol. The first-order valence-electron chi connectivity index (χ1n) is 5.96. The van der Waals surface area contributed by atoms with Gasteiger partial charge in [0.2, 0.25) is 0 Å². The molecule has 2 aliphatic rings. The van der Waals surface area contributed by atoms with Gasteiger partial charge in [-0.05, 0) is 30.9 Å². The van der Waals surface area contributed by atoms with E-state index in [0.717, 1.165) is 28.1 Å². The van der Waals surface area contributed by atoms with E-state index in [0.29, 0.717) is 6.10 Å². The number of hydrogen-bond donors (Lipinski definition) is 1. The van der Waals surface area contributed by atoms with E-state index in [1.54, 1.807) is 0 Å². The molecule has 1 aromatic rings. The van der Waals surface area contributed by atoms with Crippen LogP contribution in [0.3, 0.4) is 0 Å². The standard InChI is InChI=1S/C13H16BrNO/c14-9-4-5-10-11(15)7-12(8-2-1-3-8)16-13(10)6-9/h4-6,8,11-12H,1-3,7,15H2/t11-,12?/m1/s1. The molecule has 16 heavy (non-hydrogen) atoms. The molecule has 3 heteroatoms. The quantitative estimate of drug-likeness (QED) is 0.856. The van der Waals surface area contributed by atoms with E-state index in [9.17, 15) is 0 Å². The van der Waals surface area contributed by atoms with Crippen LogP contribution in [-0.4, -0.2) is 6.10 Å². The van der Waals surface area contributed by atoms with Crippen LogP contribution in [0, 0.1) is 5.92 Å². The Balaban J connectivity index is 1.88. The van der Waals surface area contributed by atoms with Gasteiger partial charge in [-0.3, -0.25) is 0 Å². The Morgan fingerprint density at radius 2 is 2.12 bits per heavy atom. The van der Waals surface area contributed by atoms with Crippen molar-refractivity contribution in [1.82, 2.24) is 0 Å². The van der Waals surface area contributed by atoms with Gasteiger partial charge in [-0.15, -0.1) is 0 Å². The molecule has 2 nitrogen and oxygen atoms in total. The summed E-state index contributed by atoms with van der Waals surface area (Å²) < 4.78 is 7.14. The summed E-state index contributed by atoms with van der Waals surface area (Å²) in [5.74, 6) is 1.71.